The van der Waals surface area contributed by atoms with Gasteiger partial charge in [0.2, 0.25) is 11.9 Å². The maximum atomic E-state index is 13.1. The summed E-state index contributed by atoms with van der Waals surface area (Å²) in [5.41, 5.74) is 3.82. The summed E-state index contributed by atoms with van der Waals surface area (Å²) in [6.07, 6.45) is 7.84. The van der Waals surface area contributed by atoms with Gasteiger partial charge in [0.1, 0.15) is 5.82 Å². The number of rotatable bonds is 5. The number of amides is 1. The molecule has 2 unspecified atom stereocenters. The van der Waals surface area contributed by atoms with Crippen molar-refractivity contribution >= 4 is 28.6 Å². The zero-order chi connectivity index (χ0) is 23.7. The van der Waals surface area contributed by atoms with E-state index in [0.717, 1.165) is 59.4 Å². The number of hydrogen-bond donors (Lipinski definition) is 3. The number of carbonyl (C=O) groups is 1. The second-order valence-corrected chi connectivity index (χ2v) is 9.88. The van der Waals surface area contributed by atoms with Crippen molar-refractivity contribution in [2.45, 2.75) is 70.9 Å². The molecule has 34 heavy (non-hydrogen) atoms. The number of aromatic amines is 1. The average Bonchev–Trinajstić information content (AvgIpc) is 3.24. The van der Waals surface area contributed by atoms with E-state index < -0.39 is 0 Å². The van der Waals surface area contributed by atoms with Gasteiger partial charge in [0.25, 0.3) is 0 Å². The molecule has 3 aromatic rings. The highest BCUT2D eigenvalue weighted by molar-refractivity contribution is 5.86. The number of carbonyl (C=O) groups excluding carboxylic acids is 1. The number of H-pyrrole nitrogens is 1. The molecule has 5 rings (SSSR count). The smallest absolute Gasteiger partial charge is 0.225 e. The highest BCUT2D eigenvalue weighted by Crippen LogP contribution is 2.31. The summed E-state index contributed by atoms with van der Waals surface area (Å²) in [6, 6.07) is 8.92. The first-order valence-electron chi connectivity index (χ1n) is 12.6. The minimum atomic E-state index is -0.0158. The van der Waals surface area contributed by atoms with E-state index in [4.69, 9.17) is 9.97 Å². The fourth-order valence-electron chi connectivity index (χ4n) is 5.35. The maximum Gasteiger partial charge on any atom is 0.225 e. The number of hydrogen-bond acceptors (Lipinski definition) is 6. The third-order valence-corrected chi connectivity index (χ3v) is 7.48. The summed E-state index contributed by atoms with van der Waals surface area (Å²) >= 11 is 0. The van der Waals surface area contributed by atoms with E-state index in [9.17, 15) is 4.79 Å². The summed E-state index contributed by atoms with van der Waals surface area (Å²) in [5.74, 6) is 1.62. The van der Waals surface area contributed by atoms with Gasteiger partial charge in [-0.3, -0.25) is 9.89 Å². The normalized spacial score (nSPS) is 21.6. The molecule has 2 aromatic heterocycles. The first-order chi connectivity index (χ1) is 16.5. The van der Waals surface area contributed by atoms with Gasteiger partial charge in [0.15, 0.2) is 0 Å². The molecular formula is C26H35N7O. The van der Waals surface area contributed by atoms with Crippen LogP contribution in [0.15, 0.2) is 24.3 Å². The summed E-state index contributed by atoms with van der Waals surface area (Å²) < 4.78 is 0. The van der Waals surface area contributed by atoms with Gasteiger partial charge < -0.3 is 15.5 Å². The molecule has 1 saturated carbocycles. The Morgan fingerprint density at radius 2 is 1.91 bits per heavy atom. The second kappa shape index (κ2) is 9.60. The van der Waals surface area contributed by atoms with Crippen LogP contribution in [0.4, 0.5) is 11.8 Å². The predicted octanol–water partition coefficient (Wildman–Crippen LogP) is 4.42. The summed E-state index contributed by atoms with van der Waals surface area (Å²) in [7, 11) is 1.84. The number of nitrogens with one attached hydrogen (secondary N) is 3. The molecule has 0 radical (unpaired) electrons. The highest BCUT2D eigenvalue weighted by Gasteiger charge is 2.32. The van der Waals surface area contributed by atoms with Crippen molar-refractivity contribution in [3.05, 3.63) is 30.0 Å². The van der Waals surface area contributed by atoms with E-state index >= 15 is 0 Å². The number of piperidine rings is 1. The number of nitrogens with zero attached hydrogens (tertiary/aromatic N) is 4. The largest absolute Gasteiger partial charge is 0.357 e. The Bertz CT molecular complexity index is 1170. The van der Waals surface area contributed by atoms with Crippen molar-refractivity contribution in [1.82, 2.24) is 25.5 Å². The second-order valence-electron chi connectivity index (χ2n) is 9.88. The lowest BCUT2D eigenvalue weighted by atomic mass is 9.90. The van der Waals surface area contributed by atoms with Gasteiger partial charge >= 0.3 is 0 Å². The molecule has 1 aromatic carbocycles. The van der Waals surface area contributed by atoms with Crippen molar-refractivity contribution in [2.75, 3.05) is 23.8 Å². The van der Waals surface area contributed by atoms with E-state index in [0.29, 0.717) is 24.6 Å². The Morgan fingerprint density at radius 3 is 2.71 bits per heavy atom. The van der Waals surface area contributed by atoms with Gasteiger partial charge in [0, 0.05) is 48.4 Å². The summed E-state index contributed by atoms with van der Waals surface area (Å²) in [6.45, 7) is 4.92. The number of anilines is 2. The standard InChI is InChI=1S/C26H35N7O/c1-16-9-10-19(25(34)28-20-7-5-4-6-8-20)15-33(16)24-14-22(29-26(27-3)30-24)18-11-12-21-17(2)31-32-23(21)13-18/h11-14,16,19-20H,4-10,15H2,1-3H3,(H,28,34)(H,31,32)(H,27,29,30). The molecule has 1 saturated heterocycles. The van der Waals surface area contributed by atoms with Gasteiger partial charge in [-0.25, -0.2) is 4.98 Å². The maximum absolute atomic E-state index is 13.1. The lowest BCUT2D eigenvalue weighted by Crippen LogP contribution is -2.49. The van der Waals surface area contributed by atoms with E-state index in [1.54, 1.807) is 0 Å². The zero-order valence-electron chi connectivity index (χ0n) is 20.4. The molecule has 3 heterocycles. The Kier molecular flexibility index (Phi) is 6.39. The first kappa shape index (κ1) is 22.6. The molecule has 0 spiro atoms. The minimum absolute atomic E-state index is 0.0158. The molecule has 2 atom stereocenters. The third kappa shape index (κ3) is 4.58. The Balaban J connectivity index is 1.40. The van der Waals surface area contributed by atoms with Crippen LogP contribution < -0.4 is 15.5 Å². The lowest BCUT2D eigenvalue weighted by Gasteiger charge is -2.39. The molecule has 1 aliphatic carbocycles. The van der Waals surface area contributed by atoms with Crippen LogP contribution in [0, 0.1) is 12.8 Å². The first-order valence-corrected chi connectivity index (χ1v) is 12.6. The van der Waals surface area contributed by atoms with Crippen LogP contribution in [0.5, 0.6) is 0 Å². The van der Waals surface area contributed by atoms with Gasteiger partial charge in [-0.15, -0.1) is 0 Å². The number of aryl methyl sites for hydroxylation is 1. The van der Waals surface area contributed by atoms with Crippen molar-refractivity contribution in [1.29, 1.82) is 0 Å². The third-order valence-electron chi connectivity index (χ3n) is 7.48. The SMILES string of the molecule is CNc1nc(-c2ccc3c(C)[nH]nc3c2)cc(N2CC(C(=O)NC3CCCCC3)CCC2C)n1. The van der Waals surface area contributed by atoms with Crippen LogP contribution in [-0.4, -0.2) is 51.7 Å². The van der Waals surface area contributed by atoms with Gasteiger partial charge in [-0.1, -0.05) is 31.4 Å². The summed E-state index contributed by atoms with van der Waals surface area (Å²) in [5, 5.41) is 15.0. The molecule has 180 valence electrons. The van der Waals surface area contributed by atoms with Crippen LogP contribution in [0.3, 0.4) is 0 Å². The number of benzene rings is 1. The van der Waals surface area contributed by atoms with Crippen LogP contribution in [0.1, 0.15) is 57.6 Å². The zero-order valence-corrected chi connectivity index (χ0v) is 20.4. The summed E-state index contributed by atoms with van der Waals surface area (Å²) in [4.78, 5) is 24.9. The number of fused-ring (bicyclic) bond motifs is 1. The Morgan fingerprint density at radius 1 is 1.09 bits per heavy atom. The van der Waals surface area contributed by atoms with Crippen LogP contribution in [0.25, 0.3) is 22.2 Å². The van der Waals surface area contributed by atoms with E-state index in [-0.39, 0.29) is 11.8 Å². The van der Waals surface area contributed by atoms with Crippen molar-refractivity contribution in [3.8, 4) is 11.3 Å². The van der Waals surface area contributed by atoms with Crippen molar-refractivity contribution < 1.29 is 4.79 Å². The molecular weight excluding hydrogens is 426 g/mol. The topological polar surface area (TPSA) is 98.8 Å². The molecule has 1 amide bonds. The van der Waals surface area contributed by atoms with Gasteiger partial charge in [-0.2, -0.15) is 10.1 Å². The van der Waals surface area contributed by atoms with E-state index in [2.05, 4.69) is 50.9 Å². The molecule has 2 aliphatic rings. The van der Waals surface area contributed by atoms with Gasteiger partial charge in [-0.05, 0) is 45.6 Å². The molecule has 1 aliphatic heterocycles. The molecule has 8 heteroatoms. The average molecular weight is 462 g/mol. The van der Waals surface area contributed by atoms with Crippen LogP contribution >= 0.6 is 0 Å². The molecule has 2 fully saturated rings. The minimum Gasteiger partial charge on any atom is -0.357 e. The van der Waals surface area contributed by atoms with Gasteiger partial charge in [0.05, 0.1) is 17.1 Å². The van der Waals surface area contributed by atoms with Crippen molar-refractivity contribution in [2.24, 2.45) is 5.92 Å². The predicted molar refractivity (Wildman–Crippen MR) is 136 cm³/mol. The highest BCUT2D eigenvalue weighted by atomic mass is 16.2. The molecule has 3 N–H and O–H groups in total. The molecule has 8 nitrogen and oxygen atoms in total. The Labute approximate surface area is 200 Å². The van der Waals surface area contributed by atoms with E-state index in [1.165, 1.54) is 19.3 Å². The van der Waals surface area contributed by atoms with Crippen LogP contribution in [-0.2, 0) is 4.79 Å². The monoisotopic (exact) mass is 461 g/mol. The fraction of sp³-hybridized carbons (Fsp3) is 0.538. The molecule has 0 bridgehead atoms. The van der Waals surface area contributed by atoms with Crippen LogP contribution in [0.2, 0.25) is 0 Å². The van der Waals surface area contributed by atoms with E-state index in [1.807, 2.05) is 20.0 Å². The number of aromatic nitrogens is 4. The fourth-order valence-corrected chi connectivity index (χ4v) is 5.35. The Hall–Kier alpha value is -3.16. The van der Waals surface area contributed by atoms with Crippen molar-refractivity contribution in [3.63, 3.8) is 0 Å². The quantitative estimate of drug-likeness (QED) is 0.520. The lowest BCUT2D eigenvalue weighted by molar-refractivity contribution is -0.126.